The molecule has 0 saturated carbocycles. The van der Waals surface area contributed by atoms with Crippen molar-refractivity contribution in [3.05, 3.63) is 29.4 Å². The molecule has 1 heterocycles. The van der Waals surface area contributed by atoms with Crippen LogP contribution >= 0.6 is 22.3 Å². The second-order valence-electron chi connectivity index (χ2n) is 2.75. The summed E-state index contributed by atoms with van der Waals surface area (Å²) in [6, 6.07) is 4.51. The topological polar surface area (TPSA) is 49.9 Å². The summed E-state index contributed by atoms with van der Waals surface area (Å²) in [7, 11) is 1.54. The van der Waals surface area contributed by atoms with Gasteiger partial charge in [-0.3, -0.25) is 0 Å². The zero-order valence-electron chi connectivity index (χ0n) is 6.79. The number of aromatic nitrogens is 1. The van der Waals surface area contributed by atoms with Crippen molar-refractivity contribution in [1.29, 1.82) is 0 Å². The van der Waals surface area contributed by atoms with E-state index in [1.165, 1.54) is 12.1 Å². The van der Waals surface area contributed by atoms with Gasteiger partial charge in [0.1, 0.15) is 0 Å². The fourth-order valence-corrected chi connectivity index (χ4v) is 2.59. The Bertz CT molecular complexity index is 588. The Morgan fingerprint density at radius 1 is 1.21 bits per heavy atom. The number of hydrogen-bond donors (Lipinski definition) is 1. The number of halogens is 2. The summed E-state index contributed by atoms with van der Waals surface area (Å²) in [6.45, 7) is 0. The average Bonchev–Trinajstić information content (AvgIpc) is 2.50. The molecule has 0 aliphatic rings. The summed E-state index contributed by atoms with van der Waals surface area (Å²) in [5, 5.41) is 0.974. The number of hydrogen-bond acceptors (Lipinski definition) is 2. The van der Waals surface area contributed by atoms with Crippen LogP contribution in [0.1, 0.15) is 0 Å². The van der Waals surface area contributed by atoms with Crippen molar-refractivity contribution in [2.75, 3.05) is 0 Å². The minimum atomic E-state index is -3.72. The van der Waals surface area contributed by atoms with Gasteiger partial charge >= 0.3 is 0 Å². The molecule has 74 valence electrons. The first-order chi connectivity index (χ1) is 6.50. The Morgan fingerprint density at radius 2 is 1.93 bits per heavy atom. The monoisotopic (exact) mass is 249 g/mol. The summed E-state index contributed by atoms with van der Waals surface area (Å²) in [4.78, 5) is 2.91. The molecule has 0 fully saturated rings. The molecule has 3 nitrogen and oxygen atoms in total. The molecule has 0 spiro atoms. The Labute approximate surface area is 90.1 Å². The van der Waals surface area contributed by atoms with Gasteiger partial charge in [0.15, 0.2) is 0 Å². The Morgan fingerprint density at radius 3 is 2.57 bits per heavy atom. The standard InChI is InChI=1S/C8H5Cl2NO2S/c9-6-1-2-7(14(10,12)13)5-3-4-11-8(5)6/h1-4,11H. The molecule has 2 rings (SSSR count). The van der Waals surface area contributed by atoms with E-state index in [4.69, 9.17) is 22.3 Å². The van der Waals surface area contributed by atoms with Gasteiger partial charge in [0.2, 0.25) is 0 Å². The van der Waals surface area contributed by atoms with E-state index in [-0.39, 0.29) is 4.90 Å². The summed E-state index contributed by atoms with van der Waals surface area (Å²) < 4.78 is 22.3. The largest absolute Gasteiger partial charge is 0.360 e. The maximum absolute atomic E-state index is 11.2. The van der Waals surface area contributed by atoms with Crippen LogP contribution in [0.2, 0.25) is 5.02 Å². The molecule has 6 heteroatoms. The van der Waals surface area contributed by atoms with Crippen LogP contribution in [0.15, 0.2) is 29.3 Å². The van der Waals surface area contributed by atoms with Gasteiger partial charge < -0.3 is 4.98 Å². The van der Waals surface area contributed by atoms with Crippen LogP contribution in [-0.2, 0) is 9.05 Å². The van der Waals surface area contributed by atoms with E-state index in [0.29, 0.717) is 15.9 Å². The Hall–Kier alpha value is -0.710. The third kappa shape index (κ3) is 1.49. The molecule has 0 aliphatic carbocycles. The molecule has 1 aromatic carbocycles. The number of benzene rings is 1. The van der Waals surface area contributed by atoms with Crippen molar-refractivity contribution in [1.82, 2.24) is 4.98 Å². The molecular formula is C8H5Cl2NO2S. The van der Waals surface area contributed by atoms with E-state index in [9.17, 15) is 8.42 Å². The fourth-order valence-electron chi connectivity index (χ4n) is 1.31. The maximum atomic E-state index is 11.2. The van der Waals surface area contributed by atoms with Gasteiger partial charge in [-0.1, -0.05) is 11.6 Å². The summed E-state index contributed by atoms with van der Waals surface area (Å²) >= 11 is 5.85. The number of H-pyrrole nitrogens is 1. The lowest BCUT2D eigenvalue weighted by atomic mass is 10.2. The van der Waals surface area contributed by atoms with Gasteiger partial charge in [-0.2, -0.15) is 0 Å². The summed E-state index contributed by atoms with van der Waals surface area (Å²) in [5.74, 6) is 0. The lowest BCUT2D eigenvalue weighted by Gasteiger charge is -1.99. The van der Waals surface area contributed by atoms with Crippen LogP contribution in [-0.4, -0.2) is 13.4 Å². The Balaban J connectivity index is 2.93. The van der Waals surface area contributed by atoms with E-state index in [1.54, 1.807) is 12.3 Å². The van der Waals surface area contributed by atoms with E-state index in [1.807, 2.05) is 0 Å². The summed E-state index contributed by atoms with van der Waals surface area (Å²) in [6.07, 6.45) is 1.61. The molecule has 0 radical (unpaired) electrons. The van der Waals surface area contributed by atoms with Crippen LogP contribution in [0.3, 0.4) is 0 Å². The van der Waals surface area contributed by atoms with Crippen LogP contribution in [0.5, 0.6) is 0 Å². The first-order valence-corrected chi connectivity index (χ1v) is 6.39. The third-order valence-corrected chi connectivity index (χ3v) is 3.59. The van der Waals surface area contributed by atoms with Gasteiger partial charge in [0, 0.05) is 22.3 Å². The molecule has 1 aromatic heterocycles. The van der Waals surface area contributed by atoms with Crippen molar-refractivity contribution in [3.8, 4) is 0 Å². The molecular weight excluding hydrogens is 245 g/mol. The molecule has 2 aromatic rings. The van der Waals surface area contributed by atoms with Gasteiger partial charge in [-0.25, -0.2) is 8.42 Å². The minimum absolute atomic E-state index is 0.0693. The van der Waals surface area contributed by atoms with Crippen molar-refractivity contribution < 1.29 is 8.42 Å². The van der Waals surface area contributed by atoms with Crippen molar-refractivity contribution in [2.45, 2.75) is 4.90 Å². The van der Waals surface area contributed by atoms with Gasteiger partial charge in [-0.05, 0) is 18.2 Å². The number of aromatic amines is 1. The highest BCUT2D eigenvalue weighted by Crippen LogP contribution is 2.29. The van der Waals surface area contributed by atoms with Crippen LogP contribution in [0.25, 0.3) is 10.9 Å². The molecule has 0 atom stereocenters. The van der Waals surface area contributed by atoms with Gasteiger partial charge in [0.25, 0.3) is 9.05 Å². The third-order valence-electron chi connectivity index (χ3n) is 1.90. The molecule has 0 saturated heterocycles. The normalized spacial score (nSPS) is 12.1. The fraction of sp³-hybridized carbons (Fsp3) is 0. The SMILES string of the molecule is O=S(=O)(Cl)c1ccc(Cl)c2[nH]ccc12. The average molecular weight is 250 g/mol. The predicted molar refractivity (Wildman–Crippen MR) is 56.3 cm³/mol. The second-order valence-corrected chi connectivity index (χ2v) is 5.69. The molecule has 0 unspecified atom stereocenters. The van der Waals surface area contributed by atoms with Gasteiger partial charge in [-0.15, -0.1) is 0 Å². The molecule has 0 aliphatic heterocycles. The maximum Gasteiger partial charge on any atom is 0.261 e. The smallest absolute Gasteiger partial charge is 0.261 e. The van der Waals surface area contributed by atoms with E-state index in [2.05, 4.69) is 4.98 Å². The van der Waals surface area contributed by atoms with E-state index < -0.39 is 9.05 Å². The van der Waals surface area contributed by atoms with Crippen molar-refractivity contribution in [3.63, 3.8) is 0 Å². The van der Waals surface area contributed by atoms with Crippen LogP contribution < -0.4 is 0 Å². The van der Waals surface area contributed by atoms with E-state index >= 15 is 0 Å². The van der Waals surface area contributed by atoms with Crippen molar-refractivity contribution >= 4 is 42.2 Å². The molecule has 0 amide bonds. The summed E-state index contributed by atoms with van der Waals surface area (Å²) in [5.41, 5.74) is 0.577. The number of nitrogens with one attached hydrogen (secondary N) is 1. The predicted octanol–water partition coefficient (Wildman–Crippen LogP) is 2.75. The number of rotatable bonds is 1. The lowest BCUT2D eigenvalue weighted by Crippen LogP contribution is -1.90. The minimum Gasteiger partial charge on any atom is -0.360 e. The highest BCUT2D eigenvalue weighted by Gasteiger charge is 2.15. The molecule has 1 N–H and O–H groups in total. The highest BCUT2D eigenvalue weighted by atomic mass is 35.7. The zero-order chi connectivity index (χ0) is 10.3. The lowest BCUT2D eigenvalue weighted by molar-refractivity contribution is 0.610. The zero-order valence-corrected chi connectivity index (χ0v) is 9.12. The molecule has 14 heavy (non-hydrogen) atoms. The Kier molecular flexibility index (Phi) is 2.21. The number of fused-ring (bicyclic) bond motifs is 1. The first kappa shape index (κ1) is 9.83. The van der Waals surface area contributed by atoms with E-state index in [0.717, 1.165) is 0 Å². The van der Waals surface area contributed by atoms with Crippen molar-refractivity contribution in [2.24, 2.45) is 0 Å². The quantitative estimate of drug-likeness (QED) is 0.791. The molecule has 0 bridgehead atoms. The van der Waals surface area contributed by atoms with Crippen LogP contribution in [0, 0.1) is 0 Å². The second kappa shape index (κ2) is 3.15. The van der Waals surface area contributed by atoms with Gasteiger partial charge in [0.05, 0.1) is 15.4 Å². The van der Waals surface area contributed by atoms with Crippen LogP contribution in [0.4, 0.5) is 0 Å². The first-order valence-electron chi connectivity index (χ1n) is 3.70. The highest BCUT2D eigenvalue weighted by molar-refractivity contribution is 8.14.